The van der Waals surface area contributed by atoms with E-state index in [0.717, 1.165) is 17.5 Å². The molecule has 1 N–H and O–H groups in total. The van der Waals surface area contributed by atoms with Crippen LogP contribution in [0.5, 0.6) is 5.88 Å². The normalized spacial score (nSPS) is 22.6. The summed E-state index contributed by atoms with van der Waals surface area (Å²) in [6.07, 6.45) is 6.82. The highest BCUT2D eigenvalue weighted by molar-refractivity contribution is 5.67. The standard InChI is InChI=1S/C17H23N3O/c1-19(2)15-10-6-7-11-16(15)20-12-14(17(21)18-20)13-8-4-3-5-9-13/h3-5,8-9,12,15-16H,6-7,10-11H2,1-2H3,(H,18,21). The Kier molecular flexibility index (Phi) is 3.97. The topological polar surface area (TPSA) is 41.3 Å². The minimum absolute atomic E-state index is 0.129. The van der Waals surface area contributed by atoms with E-state index in [1.54, 1.807) is 0 Å². The first kappa shape index (κ1) is 14.1. The molecule has 21 heavy (non-hydrogen) atoms. The third-order valence-electron chi connectivity index (χ3n) is 4.49. The van der Waals surface area contributed by atoms with Crippen LogP contribution in [0, 0.1) is 0 Å². The Bertz CT molecular complexity index is 591. The largest absolute Gasteiger partial charge is 0.492 e. The lowest BCUT2D eigenvalue weighted by atomic mass is 9.89. The average Bonchev–Trinajstić information content (AvgIpc) is 2.90. The van der Waals surface area contributed by atoms with Gasteiger partial charge in [-0.2, -0.15) is 0 Å². The fraction of sp³-hybridized carbons (Fsp3) is 0.471. The minimum Gasteiger partial charge on any atom is -0.492 e. The van der Waals surface area contributed by atoms with Crippen molar-refractivity contribution in [1.82, 2.24) is 14.7 Å². The smallest absolute Gasteiger partial charge is 0.238 e. The second-order valence-electron chi connectivity index (χ2n) is 6.10. The van der Waals surface area contributed by atoms with Crippen molar-refractivity contribution in [3.63, 3.8) is 0 Å². The lowest BCUT2D eigenvalue weighted by Gasteiger charge is -2.36. The summed E-state index contributed by atoms with van der Waals surface area (Å²) < 4.78 is 1.97. The zero-order valence-electron chi connectivity index (χ0n) is 12.7. The van der Waals surface area contributed by atoms with Gasteiger partial charge in [-0.05, 0) is 32.5 Å². The van der Waals surface area contributed by atoms with Gasteiger partial charge in [0.25, 0.3) is 0 Å². The summed E-state index contributed by atoms with van der Waals surface area (Å²) in [4.78, 5) is 2.28. The molecular weight excluding hydrogens is 262 g/mol. The van der Waals surface area contributed by atoms with E-state index in [1.165, 1.54) is 19.3 Å². The monoisotopic (exact) mass is 285 g/mol. The molecule has 0 saturated heterocycles. The number of hydrogen-bond acceptors (Lipinski definition) is 3. The van der Waals surface area contributed by atoms with Crippen LogP contribution >= 0.6 is 0 Å². The van der Waals surface area contributed by atoms with E-state index in [0.29, 0.717) is 12.1 Å². The van der Waals surface area contributed by atoms with Crippen molar-refractivity contribution in [2.24, 2.45) is 0 Å². The molecule has 3 rings (SSSR count). The Morgan fingerprint density at radius 1 is 1.14 bits per heavy atom. The van der Waals surface area contributed by atoms with E-state index < -0.39 is 0 Å². The van der Waals surface area contributed by atoms with Crippen molar-refractivity contribution in [2.45, 2.75) is 37.8 Å². The fourth-order valence-electron chi connectivity index (χ4n) is 3.38. The number of nitrogens with zero attached hydrogens (tertiary/aromatic N) is 3. The molecule has 0 radical (unpaired) electrons. The molecule has 2 atom stereocenters. The maximum atomic E-state index is 10.2. The first-order chi connectivity index (χ1) is 10.2. The maximum Gasteiger partial charge on any atom is 0.238 e. The number of hydrogen-bond donors (Lipinski definition) is 1. The van der Waals surface area contributed by atoms with Gasteiger partial charge in [0.15, 0.2) is 0 Å². The predicted molar refractivity (Wildman–Crippen MR) is 84.3 cm³/mol. The molecule has 1 aliphatic rings. The van der Waals surface area contributed by atoms with Crippen LogP contribution in [0.2, 0.25) is 0 Å². The second kappa shape index (κ2) is 5.90. The molecule has 4 nitrogen and oxygen atoms in total. The summed E-state index contributed by atoms with van der Waals surface area (Å²) in [5.74, 6) is 0.129. The highest BCUT2D eigenvalue weighted by atomic mass is 16.3. The van der Waals surface area contributed by atoms with Crippen LogP contribution < -0.4 is 0 Å². The van der Waals surface area contributed by atoms with E-state index in [4.69, 9.17) is 0 Å². The molecule has 0 spiro atoms. The number of aromatic nitrogens is 2. The van der Waals surface area contributed by atoms with Gasteiger partial charge in [-0.1, -0.05) is 43.2 Å². The third-order valence-corrected chi connectivity index (χ3v) is 4.49. The average molecular weight is 285 g/mol. The van der Waals surface area contributed by atoms with E-state index in [1.807, 2.05) is 41.2 Å². The zero-order chi connectivity index (χ0) is 14.8. The summed E-state index contributed by atoms with van der Waals surface area (Å²) in [6.45, 7) is 0. The summed E-state index contributed by atoms with van der Waals surface area (Å²) in [6, 6.07) is 10.8. The summed E-state index contributed by atoms with van der Waals surface area (Å²) in [5.41, 5.74) is 1.83. The van der Waals surface area contributed by atoms with Crippen molar-refractivity contribution in [1.29, 1.82) is 0 Å². The third kappa shape index (κ3) is 2.81. The number of likely N-dealkylation sites (N-methyl/N-ethyl adjacent to an activating group) is 1. The van der Waals surface area contributed by atoms with Crippen molar-refractivity contribution >= 4 is 0 Å². The number of benzene rings is 1. The Balaban J connectivity index is 1.93. The van der Waals surface area contributed by atoms with Gasteiger partial charge in [-0.3, -0.25) is 4.68 Å². The highest BCUT2D eigenvalue weighted by Gasteiger charge is 2.29. The quantitative estimate of drug-likeness (QED) is 0.940. The van der Waals surface area contributed by atoms with Crippen LogP contribution in [-0.2, 0) is 0 Å². The predicted octanol–water partition coefficient (Wildman–Crippen LogP) is 3.30. The zero-order valence-corrected chi connectivity index (χ0v) is 12.7. The minimum atomic E-state index is 0.129. The van der Waals surface area contributed by atoms with Crippen LogP contribution in [-0.4, -0.2) is 39.9 Å². The Labute approximate surface area is 126 Å². The summed E-state index contributed by atoms with van der Waals surface area (Å²) in [5, 5.41) is 14.6. The first-order valence-electron chi connectivity index (χ1n) is 7.67. The van der Waals surface area contributed by atoms with Gasteiger partial charge in [0.1, 0.15) is 0 Å². The summed E-state index contributed by atoms with van der Waals surface area (Å²) in [7, 11) is 4.26. The molecule has 0 amide bonds. The molecule has 1 aliphatic carbocycles. The molecule has 1 aromatic carbocycles. The summed E-state index contributed by atoms with van der Waals surface area (Å²) >= 11 is 0. The van der Waals surface area contributed by atoms with Crippen LogP contribution in [0.15, 0.2) is 36.5 Å². The molecule has 4 heteroatoms. The SMILES string of the molecule is CN(C)C1CCCCC1n1cc(-c2ccccc2)c(O)n1. The highest BCUT2D eigenvalue weighted by Crippen LogP contribution is 2.35. The van der Waals surface area contributed by atoms with Gasteiger partial charge in [0.05, 0.1) is 11.6 Å². The van der Waals surface area contributed by atoms with Crippen LogP contribution in [0.1, 0.15) is 31.7 Å². The number of aromatic hydroxyl groups is 1. The van der Waals surface area contributed by atoms with Crippen molar-refractivity contribution in [2.75, 3.05) is 14.1 Å². The lowest BCUT2D eigenvalue weighted by Crippen LogP contribution is -2.39. The van der Waals surface area contributed by atoms with Crippen LogP contribution in [0.4, 0.5) is 0 Å². The molecule has 0 bridgehead atoms. The van der Waals surface area contributed by atoms with E-state index in [9.17, 15) is 5.11 Å². The molecule has 1 heterocycles. The molecule has 2 unspecified atom stereocenters. The van der Waals surface area contributed by atoms with E-state index in [2.05, 4.69) is 24.1 Å². The van der Waals surface area contributed by atoms with Gasteiger partial charge in [-0.15, -0.1) is 5.10 Å². The maximum absolute atomic E-state index is 10.2. The molecule has 2 aromatic rings. The van der Waals surface area contributed by atoms with E-state index in [-0.39, 0.29) is 5.88 Å². The molecule has 112 valence electrons. The molecule has 1 fully saturated rings. The van der Waals surface area contributed by atoms with Gasteiger partial charge in [0.2, 0.25) is 5.88 Å². The van der Waals surface area contributed by atoms with Gasteiger partial charge in [-0.25, -0.2) is 0 Å². The second-order valence-corrected chi connectivity index (χ2v) is 6.10. The Hall–Kier alpha value is -1.81. The van der Waals surface area contributed by atoms with Crippen LogP contribution in [0.3, 0.4) is 0 Å². The molecular formula is C17H23N3O. The Morgan fingerprint density at radius 3 is 2.57 bits per heavy atom. The van der Waals surface area contributed by atoms with E-state index >= 15 is 0 Å². The Morgan fingerprint density at radius 2 is 1.86 bits per heavy atom. The van der Waals surface area contributed by atoms with Gasteiger partial charge in [0, 0.05) is 12.2 Å². The fourth-order valence-corrected chi connectivity index (χ4v) is 3.38. The first-order valence-corrected chi connectivity index (χ1v) is 7.67. The van der Waals surface area contributed by atoms with Crippen molar-refractivity contribution in [3.05, 3.63) is 36.5 Å². The van der Waals surface area contributed by atoms with Crippen molar-refractivity contribution in [3.8, 4) is 17.0 Å². The lowest BCUT2D eigenvalue weighted by molar-refractivity contribution is 0.149. The van der Waals surface area contributed by atoms with Crippen LogP contribution in [0.25, 0.3) is 11.1 Å². The number of rotatable bonds is 3. The van der Waals surface area contributed by atoms with Crippen molar-refractivity contribution < 1.29 is 5.11 Å². The molecule has 1 saturated carbocycles. The molecule has 0 aliphatic heterocycles. The molecule has 1 aromatic heterocycles. The van der Waals surface area contributed by atoms with Gasteiger partial charge >= 0.3 is 0 Å². The van der Waals surface area contributed by atoms with Gasteiger partial charge < -0.3 is 10.0 Å².